The van der Waals surface area contributed by atoms with E-state index < -0.39 is 5.82 Å². The number of hydrogen-bond acceptors (Lipinski definition) is 3. The highest BCUT2D eigenvalue weighted by Crippen LogP contribution is 2.23. The maximum atomic E-state index is 13.7. The van der Waals surface area contributed by atoms with Gasteiger partial charge < -0.3 is 5.32 Å². The van der Waals surface area contributed by atoms with Gasteiger partial charge in [-0.05, 0) is 30.7 Å². The van der Waals surface area contributed by atoms with E-state index in [0.29, 0.717) is 5.69 Å². The first-order chi connectivity index (χ1) is 8.60. The monoisotopic (exact) mass is 261 g/mol. The third-order valence-corrected chi connectivity index (χ3v) is 2.62. The molecule has 0 aliphatic rings. The molecule has 0 amide bonds. The summed E-state index contributed by atoms with van der Waals surface area (Å²) in [6.45, 7) is 1.93. The Hall–Kier alpha value is -2.12. The highest BCUT2D eigenvalue weighted by atomic mass is 35.5. The normalized spacial score (nSPS) is 9.89. The lowest BCUT2D eigenvalue weighted by Crippen LogP contribution is -1.99. The Morgan fingerprint density at radius 3 is 2.83 bits per heavy atom. The zero-order valence-corrected chi connectivity index (χ0v) is 10.3. The summed E-state index contributed by atoms with van der Waals surface area (Å²) in [6, 6.07) is 10.3. The highest BCUT2D eigenvalue weighted by Gasteiger charge is 2.10. The summed E-state index contributed by atoms with van der Waals surface area (Å²) in [6.07, 6.45) is 0. The number of hydrogen-bond donors (Lipinski definition) is 1. The van der Waals surface area contributed by atoms with Crippen molar-refractivity contribution < 1.29 is 4.39 Å². The fourth-order valence-electron chi connectivity index (χ4n) is 1.49. The van der Waals surface area contributed by atoms with Gasteiger partial charge in [-0.15, -0.1) is 0 Å². The molecule has 1 heterocycles. The number of aryl methyl sites for hydroxylation is 1. The predicted octanol–water partition coefficient (Wildman–Crippen LogP) is 3.80. The number of benzene rings is 1. The number of nitriles is 1. The fourth-order valence-corrected chi connectivity index (χ4v) is 1.67. The van der Waals surface area contributed by atoms with Crippen molar-refractivity contribution in [2.24, 2.45) is 0 Å². The van der Waals surface area contributed by atoms with Crippen LogP contribution in [0.4, 0.5) is 15.9 Å². The number of halogens is 2. The summed E-state index contributed by atoms with van der Waals surface area (Å²) < 4.78 is 13.7. The maximum Gasteiger partial charge on any atom is 0.168 e. The summed E-state index contributed by atoms with van der Waals surface area (Å²) in [5, 5.41) is 11.5. The molecule has 2 aromatic rings. The molecule has 0 aliphatic heterocycles. The van der Waals surface area contributed by atoms with E-state index in [1.54, 1.807) is 12.1 Å². The van der Waals surface area contributed by atoms with Crippen LogP contribution in [0.15, 0.2) is 30.3 Å². The van der Waals surface area contributed by atoms with Crippen LogP contribution in [0.5, 0.6) is 0 Å². The van der Waals surface area contributed by atoms with E-state index in [9.17, 15) is 4.39 Å². The molecule has 2 rings (SSSR count). The van der Waals surface area contributed by atoms with Gasteiger partial charge in [0.15, 0.2) is 11.6 Å². The van der Waals surface area contributed by atoms with E-state index >= 15 is 0 Å². The largest absolute Gasteiger partial charge is 0.338 e. The van der Waals surface area contributed by atoms with Crippen molar-refractivity contribution in [3.63, 3.8) is 0 Å². The molecule has 0 bridgehead atoms. The zero-order valence-electron chi connectivity index (χ0n) is 9.54. The Bertz CT molecular complexity index is 635. The minimum atomic E-state index is -0.613. The smallest absolute Gasteiger partial charge is 0.168 e. The molecule has 0 spiro atoms. The zero-order chi connectivity index (χ0) is 13.1. The van der Waals surface area contributed by atoms with Crippen LogP contribution in [0.3, 0.4) is 0 Å². The second-order valence-corrected chi connectivity index (χ2v) is 4.12. The Morgan fingerprint density at radius 1 is 1.39 bits per heavy atom. The van der Waals surface area contributed by atoms with E-state index in [1.165, 1.54) is 0 Å². The lowest BCUT2D eigenvalue weighted by Gasteiger charge is -2.08. The van der Waals surface area contributed by atoms with Gasteiger partial charge in [-0.2, -0.15) is 5.26 Å². The summed E-state index contributed by atoms with van der Waals surface area (Å²) in [7, 11) is 0. The van der Waals surface area contributed by atoms with Gasteiger partial charge in [0.2, 0.25) is 0 Å². The van der Waals surface area contributed by atoms with Crippen molar-refractivity contribution in [1.82, 2.24) is 4.98 Å². The van der Waals surface area contributed by atoms with Gasteiger partial charge in [-0.1, -0.05) is 23.7 Å². The molecular formula is C13H9ClFN3. The molecule has 0 aliphatic carbocycles. The number of aromatic nitrogens is 1. The Labute approximate surface area is 109 Å². The molecule has 5 heteroatoms. The first kappa shape index (κ1) is 12.3. The van der Waals surface area contributed by atoms with Crippen LogP contribution in [0.2, 0.25) is 5.15 Å². The quantitative estimate of drug-likeness (QED) is 0.837. The van der Waals surface area contributed by atoms with Crippen molar-refractivity contribution in [1.29, 1.82) is 5.26 Å². The molecule has 90 valence electrons. The molecule has 18 heavy (non-hydrogen) atoms. The molecule has 1 aromatic carbocycles. The van der Waals surface area contributed by atoms with Gasteiger partial charge in [-0.25, -0.2) is 9.37 Å². The highest BCUT2D eigenvalue weighted by molar-refractivity contribution is 6.30. The van der Waals surface area contributed by atoms with Gasteiger partial charge in [0, 0.05) is 5.69 Å². The summed E-state index contributed by atoms with van der Waals surface area (Å²) >= 11 is 5.76. The van der Waals surface area contributed by atoms with Gasteiger partial charge in [0.05, 0.1) is 5.56 Å². The van der Waals surface area contributed by atoms with Crippen molar-refractivity contribution >= 4 is 23.1 Å². The summed E-state index contributed by atoms with van der Waals surface area (Å²) in [5.41, 5.74) is 1.77. The molecule has 0 saturated heterocycles. The van der Waals surface area contributed by atoms with E-state index in [4.69, 9.17) is 16.9 Å². The predicted molar refractivity (Wildman–Crippen MR) is 68.4 cm³/mol. The number of anilines is 2. The molecule has 0 radical (unpaired) electrons. The molecule has 0 atom stereocenters. The topological polar surface area (TPSA) is 48.7 Å². The SMILES string of the molecule is Cc1cccc(Nc2nc(Cl)c(C#N)cc2F)c1. The minimum absolute atomic E-state index is 0.00426. The second-order valence-electron chi connectivity index (χ2n) is 3.76. The maximum absolute atomic E-state index is 13.7. The Balaban J connectivity index is 2.36. The number of pyridine rings is 1. The number of rotatable bonds is 2. The average Bonchev–Trinajstić information content (AvgIpc) is 2.33. The molecule has 1 N–H and O–H groups in total. The van der Waals surface area contributed by atoms with Crippen molar-refractivity contribution in [2.75, 3.05) is 5.32 Å². The van der Waals surface area contributed by atoms with Crippen molar-refractivity contribution in [2.45, 2.75) is 6.92 Å². The van der Waals surface area contributed by atoms with Crippen LogP contribution in [-0.2, 0) is 0 Å². The molecule has 0 unspecified atom stereocenters. The third-order valence-electron chi connectivity index (χ3n) is 2.33. The average molecular weight is 262 g/mol. The van der Waals surface area contributed by atoms with Crippen LogP contribution in [0.25, 0.3) is 0 Å². The van der Waals surface area contributed by atoms with Crippen molar-refractivity contribution in [3.8, 4) is 6.07 Å². The summed E-state index contributed by atoms with van der Waals surface area (Å²) in [5.74, 6) is -0.609. The third kappa shape index (κ3) is 2.58. The van der Waals surface area contributed by atoms with Gasteiger partial charge >= 0.3 is 0 Å². The number of nitrogens with one attached hydrogen (secondary N) is 1. The van der Waals surface area contributed by atoms with Gasteiger partial charge in [-0.3, -0.25) is 0 Å². The van der Waals surface area contributed by atoms with Crippen LogP contribution in [0, 0.1) is 24.1 Å². The molecular weight excluding hydrogens is 253 g/mol. The van der Waals surface area contributed by atoms with Gasteiger partial charge in [0.25, 0.3) is 0 Å². The van der Waals surface area contributed by atoms with Crippen LogP contribution in [-0.4, -0.2) is 4.98 Å². The van der Waals surface area contributed by atoms with E-state index in [0.717, 1.165) is 11.6 Å². The first-order valence-electron chi connectivity index (χ1n) is 5.20. The molecule has 0 saturated carbocycles. The standard InChI is InChI=1S/C13H9ClFN3/c1-8-3-2-4-10(5-8)17-13-11(15)6-9(7-16)12(14)18-13/h2-6H,1H3,(H,17,18). The van der Waals surface area contributed by atoms with Gasteiger partial charge in [0.1, 0.15) is 11.2 Å². The molecule has 0 fully saturated rings. The lowest BCUT2D eigenvalue weighted by molar-refractivity contribution is 0.626. The lowest BCUT2D eigenvalue weighted by atomic mass is 10.2. The minimum Gasteiger partial charge on any atom is -0.338 e. The number of nitrogens with zero attached hydrogens (tertiary/aromatic N) is 2. The van der Waals surface area contributed by atoms with E-state index in [-0.39, 0.29) is 16.5 Å². The van der Waals surface area contributed by atoms with E-state index in [2.05, 4.69) is 10.3 Å². The fraction of sp³-hybridized carbons (Fsp3) is 0.0769. The van der Waals surface area contributed by atoms with Crippen LogP contribution >= 0.6 is 11.6 Å². The Morgan fingerprint density at radius 2 is 2.17 bits per heavy atom. The van der Waals surface area contributed by atoms with Crippen molar-refractivity contribution in [3.05, 3.63) is 52.4 Å². The van der Waals surface area contributed by atoms with Crippen LogP contribution in [0.1, 0.15) is 11.1 Å². The van der Waals surface area contributed by atoms with Crippen LogP contribution < -0.4 is 5.32 Å². The Kier molecular flexibility index (Phi) is 3.45. The van der Waals surface area contributed by atoms with E-state index in [1.807, 2.05) is 25.1 Å². The molecule has 3 nitrogen and oxygen atoms in total. The second kappa shape index (κ2) is 5.03. The molecule has 1 aromatic heterocycles. The summed E-state index contributed by atoms with van der Waals surface area (Å²) in [4.78, 5) is 3.83. The first-order valence-corrected chi connectivity index (χ1v) is 5.58.